The first-order valence-electron chi connectivity index (χ1n) is 6.13. The molecule has 1 atom stereocenters. The van der Waals surface area contributed by atoms with Crippen LogP contribution in [0.4, 0.5) is 13.2 Å². The van der Waals surface area contributed by atoms with Gasteiger partial charge >= 0.3 is 6.18 Å². The summed E-state index contributed by atoms with van der Waals surface area (Å²) in [6.07, 6.45) is -2.77. The van der Waals surface area contributed by atoms with Gasteiger partial charge in [-0.25, -0.2) is 4.98 Å². The van der Waals surface area contributed by atoms with E-state index >= 15 is 0 Å². The van der Waals surface area contributed by atoms with Crippen molar-refractivity contribution in [3.05, 3.63) is 17.8 Å². The van der Waals surface area contributed by atoms with E-state index in [1.54, 1.807) is 6.92 Å². The van der Waals surface area contributed by atoms with Gasteiger partial charge in [0.1, 0.15) is 0 Å². The van der Waals surface area contributed by atoms with E-state index in [9.17, 15) is 18.0 Å². The Bertz CT molecular complexity index is 456. The molecular weight excluding hydrogens is 261 g/mol. The Kier molecular flexibility index (Phi) is 3.82. The van der Waals surface area contributed by atoms with E-state index in [0.29, 0.717) is 25.1 Å². The van der Waals surface area contributed by atoms with Crippen LogP contribution in [0.1, 0.15) is 35.5 Å². The summed E-state index contributed by atoms with van der Waals surface area (Å²) in [4.78, 5) is 17.3. The van der Waals surface area contributed by atoms with E-state index in [-0.39, 0.29) is 18.2 Å². The maximum atomic E-state index is 12.4. The molecule has 1 saturated heterocycles. The van der Waals surface area contributed by atoms with Gasteiger partial charge in [-0.1, -0.05) is 0 Å². The Morgan fingerprint density at radius 3 is 2.89 bits per heavy atom. The Balaban J connectivity index is 2.01. The normalized spacial score (nSPS) is 20.6. The summed E-state index contributed by atoms with van der Waals surface area (Å²) in [6, 6.07) is 0. The molecule has 106 valence electrons. The topological polar surface area (TPSA) is 46.3 Å². The molecule has 2 rings (SSSR count). The van der Waals surface area contributed by atoms with E-state index < -0.39 is 18.5 Å². The van der Waals surface area contributed by atoms with Gasteiger partial charge in [0.25, 0.3) is 5.91 Å². The van der Waals surface area contributed by atoms with Crippen molar-refractivity contribution in [3.8, 4) is 0 Å². The van der Waals surface area contributed by atoms with Crippen molar-refractivity contribution in [2.24, 2.45) is 5.92 Å². The monoisotopic (exact) mass is 276 g/mol. The number of alkyl halides is 3. The molecule has 0 aliphatic carbocycles. The third-order valence-electron chi connectivity index (χ3n) is 3.27. The van der Waals surface area contributed by atoms with E-state index in [4.69, 9.17) is 4.42 Å². The number of hydrogen-bond donors (Lipinski definition) is 0. The highest BCUT2D eigenvalue weighted by molar-refractivity contribution is 5.92. The van der Waals surface area contributed by atoms with Crippen molar-refractivity contribution in [2.45, 2.75) is 32.4 Å². The lowest BCUT2D eigenvalue weighted by Gasteiger charge is -2.32. The smallest absolute Gasteiger partial charge is 0.389 e. The highest BCUT2D eigenvalue weighted by Crippen LogP contribution is 2.30. The fraction of sp³-hybridized carbons (Fsp3) is 0.667. The molecule has 1 aromatic heterocycles. The number of oxazole rings is 1. The summed E-state index contributed by atoms with van der Waals surface area (Å²) in [5.74, 6) is -0.782. The quantitative estimate of drug-likeness (QED) is 0.834. The van der Waals surface area contributed by atoms with E-state index in [1.165, 1.54) is 11.3 Å². The Morgan fingerprint density at radius 1 is 1.58 bits per heavy atom. The van der Waals surface area contributed by atoms with Gasteiger partial charge in [-0.15, -0.1) is 0 Å². The lowest BCUT2D eigenvalue weighted by atomic mass is 9.94. The van der Waals surface area contributed by atoms with E-state index in [0.717, 1.165) is 0 Å². The van der Waals surface area contributed by atoms with Crippen LogP contribution in [0.2, 0.25) is 0 Å². The molecule has 1 aliphatic rings. The number of carbonyl (C=O) groups excluding carboxylic acids is 1. The van der Waals surface area contributed by atoms with Crippen molar-refractivity contribution in [1.82, 2.24) is 9.88 Å². The van der Waals surface area contributed by atoms with Gasteiger partial charge in [0.2, 0.25) is 5.76 Å². The molecule has 0 aromatic carbocycles. The van der Waals surface area contributed by atoms with Crippen LogP contribution < -0.4 is 0 Å². The molecule has 0 N–H and O–H groups in total. The van der Waals surface area contributed by atoms with Crippen LogP contribution in [0.5, 0.6) is 0 Å². The summed E-state index contributed by atoms with van der Waals surface area (Å²) in [5.41, 5.74) is 0.461. The molecule has 1 aliphatic heterocycles. The number of likely N-dealkylation sites (tertiary alicyclic amines) is 1. The molecule has 1 fully saturated rings. The standard InChI is InChI=1S/C12H15F3N2O2/c1-8-10(19-7-16-8)11(18)17-4-2-3-9(6-17)5-12(13,14)15/h7,9H,2-6H2,1H3. The molecule has 1 unspecified atom stereocenters. The second kappa shape index (κ2) is 5.22. The van der Waals surface area contributed by atoms with Crippen molar-refractivity contribution in [2.75, 3.05) is 13.1 Å². The second-order valence-corrected chi connectivity index (χ2v) is 4.85. The molecular formula is C12H15F3N2O2. The predicted molar refractivity (Wildman–Crippen MR) is 60.5 cm³/mol. The van der Waals surface area contributed by atoms with Crippen LogP contribution in [0.3, 0.4) is 0 Å². The zero-order valence-electron chi connectivity index (χ0n) is 10.5. The molecule has 1 aromatic rings. The summed E-state index contributed by atoms with van der Waals surface area (Å²) >= 11 is 0. The van der Waals surface area contributed by atoms with Crippen LogP contribution in [-0.2, 0) is 0 Å². The van der Waals surface area contributed by atoms with Crippen LogP contribution >= 0.6 is 0 Å². The molecule has 0 saturated carbocycles. The molecule has 19 heavy (non-hydrogen) atoms. The molecule has 2 heterocycles. The van der Waals surface area contributed by atoms with Gasteiger partial charge in [-0.05, 0) is 25.7 Å². The minimum atomic E-state index is -4.18. The van der Waals surface area contributed by atoms with E-state index in [1.807, 2.05) is 0 Å². The molecule has 0 bridgehead atoms. The molecule has 0 radical (unpaired) electrons. The van der Waals surface area contributed by atoms with Crippen molar-refractivity contribution in [1.29, 1.82) is 0 Å². The van der Waals surface area contributed by atoms with Gasteiger partial charge in [0.05, 0.1) is 5.69 Å². The number of halogens is 3. The van der Waals surface area contributed by atoms with Gasteiger partial charge in [0, 0.05) is 19.5 Å². The summed E-state index contributed by atoms with van der Waals surface area (Å²) in [5, 5.41) is 0. The number of nitrogens with zero attached hydrogens (tertiary/aromatic N) is 2. The van der Waals surface area contributed by atoms with Crippen molar-refractivity contribution in [3.63, 3.8) is 0 Å². The third kappa shape index (κ3) is 3.48. The van der Waals surface area contributed by atoms with E-state index in [2.05, 4.69) is 4.98 Å². The van der Waals surface area contributed by atoms with Crippen LogP contribution in [0.15, 0.2) is 10.8 Å². The minimum absolute atomic E-state index is 0.118. The number of hydrogen-bond acceptors (Lipinski definition) is 3. The van der Waals surface area contributed by atoms with Gasteiger partial charge < -0.3 is 9.32 Å². The average Bonchev–Trinajstić information content (AvgIpc) is 2.72. The van der Waals surface area contributed by atoms with Crippen molar-refractivity contribution < 1.29 is 22.4 Å². The lowest BCUT2D eigenvalue weighted by Crippen LogP contribution is -2.41. The fourth-order valence-electron chi connectivity index (χ4n) is 2.39. The van der Waals surface area contributed by atoms with Crippen molar-refractivity contribution >= 4 is 5.91 Å². The fourth-order valence-corrected chi connectivity index (χ4v) is 2.39. The molecule has 0 spiro atoms. The minimum Gasteiger partial charge on any atom is -0.438 e. The number of amides is 1. The summed E-state index contributed by atoms with van der Waals surface area (Å²) in [7, 11) is 0. The Labute approximate surface area is 108 Å². The third-order valence-corrected chi connectivity index (χ3v) is 3.27. The zero-order valence-corrected chi connectivity index (χ0v) is 10.5. The average molecular weight is 276 g/mol. The Hall–Kier alpha value is -1.53. The zero-order chi connectivity index (χ0) is 14.0. The SMILES string of the molecule is Cc1ncoc1C(=O)N1CCCC(CC(F)(F)F)C1. The molecule has 1 amide bonds. The first-order valence-corrected chi connectivity index (χ1v) is 6.13. The number of piperidine rings is 1. The predicted octanol–water partition coefficient (Wildman–Crippen LogP) is 2.79. The number of carbonyl (C=O) groups is 1. The Morgan fingerprint density at radius 2 is 2.32 bits per heavy atom. The summed E-state index contributed by atoms with van der Waals surface area (Å²) in [6.45, 7) is 2.22. The van der Waals surface area contributed by atoms with Crippen LogP contribution in [0.25, 0.3) is 0 Å². The molecule has 4 nitrogen and oxygen atoms in total. The first-order chi connectivity index (χ1) is 8.87. The number of aryl methyl sites for hydroxylation is 1. The van der Waals surface area contributed by atoms with Gasteiger partial charge in [-0.3, -0.25) is 4.79 Å². The maximum absolute atomic E-state index is 12.4. The molecule has 7 heteroatoms. The first kappa shape index (κ1) is 13.9. The maximum Gasteiger partial charge on any atom is 0.389 e. The highest BCUT2D eigenvalue weighted by Gasteiger charge is 2.35. The van der Waals surface area contributed by atoms with Crippen LogP contribution in [-0.4, -0.2) is 35.1 Å². The second-order valence-electron chi connectivity index (χ2n) is 4.85. The number of rotatable bonds is 2. The lowest BCUT2D eigenvalue weighted by molar-refractivity contribution is -0.147. The largest absolute Gasteiger partial charge is 0.438 e. The summed E-state index contributed by atoms with van der Waals surface area (Å²) < 4.78 is 42.1. The van der Waals surface area contributed by atoms with Crippen LogP contribution in [0, 0.1) is 12.8 Å². The van der Waals surface area contributed by atoms with Gasteiger partial charge in [-0.2, -0.15) is 13.2 Å². The van der Waals surface area contributed by atoms with Gasteiger partial charge in [0.15, 0.2) is 6.39 Å². The number of aromatic nitrogens is 1. The highest BCUT2D eigenvalue weighted by atomic mass is 19.4.